The van der Waals surface area contributed by atoms with Crippen LogP contribution in [0.3, 0.4) is 0 Å². The van der Waals surface area contributed by atoms with Crippen molar-refractivity contribution in [2.45, 2.75) is 6.42 Å². The fourth-order valence-electron chi connectivity index (χ4n) is 1.06. The average Bonchev–Trinajstić information content (AvgIpc) is 2.68. The zero-order valence-corrected chi connectivity index (χ0v) is 10.0. The maximum Gasteiger partial charge on any atom is 0.172 e. The van der Waals surface area contributed by atoms with Gasteiger partial charge in [-0.1, -0.05) is 6.58 Å². The first-order chi connectivity index (χ1) is 6.65. The monoisotopic (exact) mass is 226 g/mol. The minimum absolute atomic E-state index is 0.699. The lowest BCUT2D eigenvalue weighted by molar-refractivity contribution is 0.600. The van der Waals surface area contributed by atoms with Crippen LogP contribution in [0.4, 0.5) is 0 Å². The van der Waals surface area contributed by atoms with Crippen molar-refractivity contribution >= 4 is 28.7 Å². The Morgan fingerprint density at radius 1 is 1.71 bits per heavy atom. The number of likely N-dealkylation sites (N-methyl/N-ethyl adjacent to an activating group) is 1. The molecule has 0 spiro atoms. The zero-order valence-electron chi connectivity index (χ0n) is 8.41. The molecule has 0 fully saturated rings. The summed E-state index contributed by atoms with van der Waals surface area (Å²) in [5.41, 5.74) is 2.29. The molecular formula is C10H14N2S2. The van der Waals surface area contributed by atoms with Crippen molar-refractivity contribution in [1.82, 2.24) is 10.2 Å². The van der Waals surface area contributed by atoms with Gasteiger partial charge in [0.2, 0.25) is 0 Å². The van der Waals surface area contributed by atoms with Crippen molar-refractivity contribution in [3.05, 3.63) is 34.7 Å². The third-order valence-electron chi connectivity index (χ3n) is 1.98. The summed E-state index contributed by atoms with van der Waals surface area (Å²) < 4.78 is 0. The van der Waals surface area contributed by atoms with Crippen LogP contribution in [-0.2, 0) is 6.42 Å². The Morgan fingerprint density at radius 3 is 2.93 bits per heavy atom. The first-order valence-electron chi connectivity index (χ1n) is 4.29. The third kappa shape index (κ3) is 2.82. The van der Waals surface area contributed by atoms with E-state index in [9.17, 15) is 0 Å². The molecule has 0 bridgehead atoms. The largest absolute Gasteiger partial charge is 0.365 e. The highest BCUT2D eigenvalue weighted by atomic mass is 32.1. The molecule has 4 heteroatoms. The van der Waals surface area contributed by atoms with E-state index in [-0.39, 0.29) is 0 Å². The molecule has 0 aliphatic carbocycles. The molecular weight excluding hydrogens is 212 g/mol. The molecule has 0 aliphatic rings. The topological polar surface area (TPSA) is 15.3 Å². The molecule has 1 heterocycles. The van der Waals surface area contributed by atoms with Gasteiger partial charge in [0, 0.05) is 26.2 Å². The van der Waals surface area contributed by atoms with Crippen LogP contribution in [0.5, 0.6) is 0 Å². The predicted molar refractivity (Wildman–Crippen MR) is 66.6 cm³/mol. The van der Waals surface area contributed by atoms with Crippen LogP contribution >= 0.6 is 23.6 Å². The lowest BCUT2D eigenvalue weighted by Crippen LogP contribution is -2.34. The van der Waals surface area contributed by atoms with E-state index in [1.807, 2.05) is 19.0 Å². The smallest absolute Gasteiger partial charge is 0.172 e. The van der Waals surface area contributed by atoms with Gasteiger partial charge in [0.15, 0.2) is 5.11 Å². The number of allylic oxidation sites excluding steroid dienone is 1. The van der Waals surface area contributed by atoms with Gasteiger partial charge in [-0.25, -0.2) is 0 Å². The van der Waals surface area contributed by atoms with E-state index in [4.69, 9.17) is 12.2 Å². The van der Waals surface area contributed by atoms with E-state index in [0.29, 0.717) is 5.11 Å². The number of rotatable bonds is 3. The van der Waals surface area contributed by atoms with E-state index in [0.717, 1.165) is 12.1 Å². The van der Waals surface area contributed by atoms with Crippen LogP contribution < -0.4 is 5.32 Å². The van der Waals surface area contributed by atoms with Gasteiger partial charge in [0.05, 0.1) is 0 Å². The Labute approximate surface area is 94.2 Å². The van der Waals surface area contributed by atoms with Crippen molar-refractivity contribution < 1.29 is 0 Å². The van der Waals surface area contributed by atoms with Gasteiger partial charge >= 0.3 is 0 Å². The van der Waals surface area contributed by atoms with E-state index in [1.54, 1.807) is 11.3 Å². The second-order valence-electron chi connectivity index (χ2n) is 2.99. The quantitative estimate of drug-likeness (QED) is 0.796. The Morgan fingerprint density at radius 2 is 2.43 bits per heavy atom. The van der Waals surface area contributed by atoms with Crippen molar-refractivity contribution in [3.8, 4) is 0 Å². The molecule has 76 valence electrons. The Balaban J connectivity index is 2.54. The molecule has 1 rings (SSSR count). The fourth-order valence-corrected chi connectivity index (χ4v) is 1.86. The SMILES string of the molecule is C=C(Cc1ccsc1)N(C)C(=S)NC. The molecule has 1 aromatic heterocycles. The summed E-state index contributed by atoms with van der Waals surface area (Å²) in [6, 6.07) is 2.10. The number of hydrogen-bond donors (Lipinski definition) is 1. The molecule has 1 aromatic rings. The van der Waals surface area contributed by atoms with Crippen LogP contribution in [0.1, 0.15) is 5.56 Å². The summed E-state index contributed by atoms with van der Waals surface area (Å²) in [4.78, 5) is 1.90. The number of nitrogens with zero attached hydrogens (tertiary/aromatic N) is 1. The van der Waals surface area contributed by atoms with Crippen molar-refractivity contribution in [2.75, 3.05) is 14.1 Å². The van der Waals surface area contributed by atoms with Crippen LogP contribution in [0.2, 0.25) is 0 Å². The summed E-state index contributed by atoms with van der Waals surface area (Å²) in [5.74, 6) is 0. The minimum Gasteiger partial charge on any atom is -0.365 e. The van der Waals surface area contributed by atoms with Crippen LogP contribution in [0, 0.1) is 0 Å². The molecule has 14 heavy (non-hydrogen) atoms. The number of thiocarbonyl (C=S) groups is 1. The highest BCUT2D eigenvalue weighted by molar-refractivity contribution is 7.80. The van der Waals surface area contributed by atoms with E-state index in [1.165, 1.54) is 5.56 Å². The molecule has 0 aromatic carbocycles. The zero-order chi connectivity index (χ0) is 10.6. The lowest BCUT2D eigenvalue weighted by Gasteiger charge is -2.21. The molecule has 0 saturated carbocycles. The highest BCUT2D eigenvalue weighted by Crippen LogP contribution is 2.12. The summed E-state index contributed by atoms with van der Waals surface area (Å²) in [6.07, 6.45) is 0.849. The van der Waals surface area contributed by atoms with Gasteiger partial charge in [-0.2, -0.15) is 11.3 Å². The molecule has 0 unspecified atom stereocenters. The molecule has 0 radical (unpaired) electrons. The lowest BCUT2D eigenvalue weighted by atomic mass is 10.2. The van der Waals surface area contributed by atoms with Gasteiger partial charge in [0.25, 0.3) is 0 Å². The second kappa shape index (κ2) is 5.12. The van der Waals surface area contributed by atoms with Gasteiger partial charge in [-0.3, -0.25) is 0 Å². The second-order valence-corrected chi connectivity index (χ2v) is 4.16. The molecule has 0 atom stereocenters. The Bertz CT molecular complexity index is 317. The average molecular weight is 226 g/mol. The maximum absolute atomic E-state index is 5.11. The van der Waals surface area contributed by atoms with Crippen LogP contribution in [-0.4, -0.2) is 24.1 Å². The highest BCUT2D eigenvalue weighted by Gasteiger charge is 2.06. The molecule has 1 N–H and O–H groups in total. The maximum atomic E-state index is 5.11. The van der Waals surface area contributed by atoms with Gasteiger partial charge in [0.1, 0.15) is 0 Å². The number of hydrogen-bond acceptors (Lipinski definition) is 2. The summed E-state index contributed by atoms with van der Waals surface area (Å²) in [7, 11) is 3.74. The van der Waals surface area contributed by atoms with Crippen molar-refractivity contribution in [1.29, 1.82) is 0 Å². The van der Waals surface area contributed by atoms with E-state index in [2.05, 4.69) is 28.7 Å². The molecule has 0 aliphatic heterocycles. The minimum atomic E-state index is 0.699. The Kier molecular flexibility index (Phi) is 4.10. The standard InChI is InChI=1S/C10H14N2S2/c1-8(12(3)10(13)11-2)6-9-4-5-14-7-9/h4-5,7H,1,6H2,2-3H3,(H,11,13). The van der Waals surface area contributed by atoms with Gasteiger partial charge < -0.3 is 10.2 Å². The molecule has 0 amide bonds. The third-order valence-corrected chi connectivity index (χ3v) is 3.19. The first kappa shape index (κ1) is 11.2. The summed E-state index contributed by atoms with van der Waals surface area (Å²) >= 11 is 6.81. The fraction of sp³-hybridized carbons (Fsp3) is 0.300. The summed E-state index contributed by atoms with van der Waals surface area (Å²) in [5, 5.41) is 7.82. The van der Waals surface area contributed by atoms with Gasteiger partial charge in [-0.15, -0.1) is 0 Å². The van der Waals surface area contributed by atoms with E-state index < -0.39 is 0 Å². The number of nitrogens with one attached hydrogen (secondary N) is 1. The normalized spacial score (nSPS) is 9.57. The Hall–Kier alpha value is -0.870. The van der Waals surface area contributed by atoms with Crippen LogP contribution in [0.25, 0.3) is 0 Å². The molecule has 0 saturated heterocycles. The summed E-state index contributed by atoms with van der Waals surface area (Å²) in [6.45, 7) is 4.00. The first-order valence-corrected chi connectivity index (χ1v) is 5.64. The van der Waals surface area contributed by atoms with Crippen molar-refractivity contribution in [3.63, 3.8) is 0 Å². The predicted octanol–water partition coefficient (Wildman–Crippen LogP) is 2.24. The van der Waals surface area contributed by atoms with Crippen LogP contribution in [0.15, 0.2) is 29.1 Å². The molecule has 2 nitrogen and oxygen atoms in total. The number of thiophene rings is 1. The van der Waals surface area contributed by atoms with E-state index >= 15 is 0 Å². The van der Waals surface area contributed by atoms with Crippen molar-refractivity contribution in [2.24, 2.45) is 0 Å². The van der Waals surface area contributed by atoms with Gasteiger partial charge in [-0.05, 0) is 34.6 Å².